The zero-order valence-electron chi connectivity index (χ0n) is 16.2. The third-order valence-corrected chi connectivity index (χ3v) is 5.43. The molecule has 8 nitrogen and oxygen atoms in total. The number of carbonyl (C=O) groups is 1. The summed E-state index contributed by atoms with van der Waals surface area (Å²) in [5.41, 5.74) is 2.86. The van der Waals surface area contributed by atoms with Crippen molar-refractivity contribution in [3.05, 3.63) is 69.3 Å². The number of carbonyl (C=O) groups excluding carboxylic acids is 1. The Labute approximate surface area is 164 Å². The molecule has 0 saturated carbocycles. The van der Waals surface area contributed by atoms with Gasteiger partial charge < -0.3 is 5.32 Å². The molecule has 0 heterocycles. The van der Waals surface area contributed by atoms with Gasteiger partial charge >= 0.3 is 0 Å². The molecule has 1 atom stereocenters. The van der Waals surface area contributed by atoms with E-state index in [1.807, 2.05) is 39.0 Å². The Hall–Kier alpha value is -2.94. The van der Waals surface area contributed by atoms with E-state index in [9.17, 15) is 23.3 Å². The van der Waals surface area contributed by atoms with E-state index < -0.39 is 27.4 Å². The second kappa shape index (κ2) is 8.39. The fraction of sp³-hybridized carbons (Fsp3) is 0.316. The van der Waals surface area contributed by atoms with Crippen LogP contribution < -0.4 is 9.62 Å². The van der Waals surface area contributed by atoms with Gasteiger partial charge in [0.1, 0.15) is 6.54 Å². The van der Waals surface area contributed by atoms with Gasteiger partial charge in [-0.3, -0.25) is 19.2 Å². The van der Waals surface area contributed by atoms with Gasteiger partial charge in [0.2, 0.25) is 15.9 Å². The molecule has 0 spiro atoms. The van der Waals surface area contributed by atoms with E-state index in [-0.39, 0.29) is 17.4 Å². The predicted molar refractivity (Wildman–Crippen MR) is 108 cm³/mol. The molecule has 9 heteroatoms. The highest BCUT2D eigenvalue weighted by Gasteiger charge is 2.23. The first kappa shape index (κ1) is 21.4. The SMILES string of the molecule is Cc1ccc(C(C)NC(=O)CN(c2cccc([N+](=O)[O-])c2)S(C)(=O)=O)c(C)c1. The normalized spacial score (nSPS) is 12.3. The van der Waals surface area contributed by atoms with Gasteiger partial charge in [0.15, 0.2) is 0 Å². The van der Waals surface area contributed by atoms with E-state index in [0.29, 0.717) is 0 Å². The average molecular weight is 405 g/mol. The lowest BCUT2D eigenvalue weighted by atomic mass is 10.0. The molecule has 1 N–H and O–H groups in total. The first-order valence-corrected chi connectivity index (χ1v) is 10.4. The fourth-order valence-electron chi connectivity index (χ4n) is 2.97. The van der Waals surface area contributed by atoms with E-state index in [1.54, 1.807) is 0 Å². The number of hydrogen-bond acceptors (Lipinski definition) is 5. The largest absolute Gasteiger partial charge is 0.348 e. The molecule has 0 aliphatic carbocycles. The molecule has 0 bridgehead atoms. The molecule has 0 aliphatic rings. The van der Waals surface area contributed by atoms with Crippen LogP contribution in [0.4, 0.5) is 11.4 Å². The van der Waals surface area contributed by atoms with Crippen LogP contribution in [0.15, 0.2) is 42.5 Å². The summed E-state index contributed by atoms with van der Waals surface area (Å²) >= 11 is 0. The molecule has 1 amide bonds. The van der Waals surface area contributed by atoms with Crippen LogP contribution in [-0.4, -0.2) is 32.0 Å². The van der Waals surface area contributed by atoms with Crippen molar-refractivity contribution < 1.29 is 18.1 Å². The maximum absolute atomic E-state index is 12.5. The quantitative estimate of drug-likeness (QED) is 0.563. The molecule has 0 aromatic heterocycles. The molecular formula is C19H23N3O5S. The lowest BCUT2D eigenvalue weighted by Crippen LogP contribution is -2.41. The zero-order valence-corrected chi connectivity index (χ0v) is 17.0. The van der Waals surface area contributed by atoms with E-state index in [0.717, 1.165) is 33.3 Å². The number of rotatable bonds is 7. The molecule has 0 saturated heterocycles. The molecule has 0 aliphatic heterocycles. The van der Waals surface area contributed by atoms with Crippen molar-refractivity contribution in [1.29, 1.82) is 0 Å². The Bertz CT molecular complexity index is 1000. The third-order valence-electron chi connectivity index (χ3n) is 4.29. The second-order valence-corrected chi connectivity index (χ2v) is 8.60. The van der Waals surface area contributed by atoms with Gasteiger partial charge in [-0.2, -0.15) is 0 Å². The summed E-state index contributed by atoms with van der Waals surface area (Å²) in [6.07, 6.45) is 0.951. The third kappa shape index (κ3) is 5.29. The Morgan fingerprint density at radius 1 is 1.21 bits per heavy atom. The van der Waals surface area contributed by atoms with Gasteiger partial charge in [-0.15, -0.1) is 0 Å². The molecule has 0 fully saturated rings. The number of benzene rings is 2. The van der Waals surface area contributed by atoms with Gasteiger partial charge in [-0.25, -0.2) is 8.42 Å². The smallest absolute Gasteiger partial charge is 0.271 e. The van der Waals surface area contributed by atoms with Crippen LogP contribution in [0, 0.1) is 24.0 Å². The molecule has 0 radical (unpaired) electrons. The Balaban J connectivity index is 2.22. The van der Waals surface area contributed by atoms with Crippen molar-refractivity contribution in [2.75, 3.05) is 17.1 Å². The highest BCUT2D eigenvalue weighted by atomic mass is 32.2. The molecule has 2 aromatic carbocycles. The van der Waals surface area contributed by atoms with Crippen molar-refractivity contribution in [1.82, 2.24) is 5.32 Å². The van der Waals surface area contributed by atoms with E-state index in [1.165, 1.54) is 18.2 Å². The number of non-ortho nitro benzene ring substituents is 1. The summed E-state index contributed by atoms with van der Waals surface area (Å²) in [5, 5.41) is 13.8. The number of nitro groups is 1. The van der Waals surface area contributed by atoms with Crippen LogP contribution in [-0.2, 0) is 14.8 Å². The van der Waals surface area contributed by atoms with Crippen LogP contribution >= 0.6 is 0 Å². The lowest BCUT2D eigenvalue weighted by molar-refractivity contribution is -0.384. The maximum Gasteiger partial charge on any atom is 0.271 e. The highest BCUT2D eigenvalue weighted by Crippen LogP contribution is 2.23. The van der Waals surface area contributed by atoms with Crippen molar-refractivity contribution in [2.24, 2.45) is 0 Å². The first-order chi connectivity index (χ1) is 13.0. The number of anilines is 1. The summed E-state index contributed by atoms with van der Waals surface area (Å²) < 4.78 is 25.2. The molecule has 28 heavy (non-hydrogen) atoms. The number of aryl methyl sites for hydroxylation is 2. The molecule has 2 rings (SSSR count). The lowest BCUT2D eigenvalue weighted by Gasteiger charge is -2.23. The number of nitro benzene ring substituents is 1. The number of sulfonamides is 1. The van der Waals surface area contributed by atoms with Crippen molar-refractivity contribution in [2.45, 2.75) is 26.8 Å². The topological polar surface area (TPSA) is 110 Å². The van der Waals surface area contributed by atoms with Crippen molar-refractivity contribution in [3.8, 4) is 0 Å². The Kier molecular flexibility index (Phi) is 6.40. The fourth-order valence-corrected chi connectivity index (χ4v) is 3.82. The highest BCUT2D eigenvalue weighted by molar-refractivity contribution is 7.92. The summed E-state index contributed by atoms with van der Waals surface area (Å²) in [7, 11) is -3.82. The summed E-state index contributed by atoms with van der Waals surface area (Å²) in [6.45, 7) is 5.25. The molecule has 2 aromatic rings. The van der Waals surface area contributed by atoms with Gasteiger partial charge in [-0.1, -0.05) is 29.8 Å². The second-order valence-electron chi connectivity index (χ2n) is 6.70. The Morgan fingerprint density at radius 3 is 2.46 bits per heavy atom. The standard InChI is InChI=1S/C19H23N3O5S/c1-13-8-9-18(14(2)10-13)15(3)20-19(23)12-21(28(4,26)27)16-6-5-7-17(11-16)22(24)25/h5-11,15H,12H2,1-4H3,(H,20,23). The summed E-state index contributed by atoms with van der Waals surface area (Å²) in [5.74, 6) is -0.510. The van der Waals surface area contributed by atoms with Crippen LogP contribution in [0.2, 0.25) is 0 Å². The van der Waals surface area contributed by atoms with Crippen molar-refractivity contribution >= 4 is 27.3 Å². The van der Waals surface area contributed by atoms with E-state index in [4.69, 9.17) is 0 Å². The molecule has 150 valence electrons. The zero-order chi connectivity index (χ0) is 21.1. The van der Waals surface area contributed by atoms with Crippen LogP contribution in [0.3, 0.4) is 0 Å². The summed E-state index contributed by atoms with van der Waals surface area (Å²) in [6, 6.07) is 10.7. The predicted octanol–water partition coefficient (Wildman–Crippen LogP) is 2.86. The van der Waals surface area contributed by atoms with E-state index >= 15 is 0 Å². The first-order valence-electron chi connectivity index (χ1n) is 8.57. The van der Waals surface area contributed by atoms with Crippen LogP contribution in [0.1, 0.15) is 29.7 Å². The minimum absolute atomic E-state index is 0.0611. The molecular weight excluding hydrogens is 382 g/mol. The number of hydrogen-bond donors (Lipinski definition) is 1. The average Bonchev–Trinajstić information content (AvgIpc) is 2.58. The Morgan fingerprint density at radius 2 is 1.89 bits per heavy atom. The van der Waals surface area contributed by atoms with Crippen LogP contribution in [0.5, 0.6) is 0 Å². The van der Waals surface area contributed by atoms with Gasteiger partial charge in [0.25, 0.3) is 5.69 Å². The minimum atomic E-state index is -3.82. The van der Waals surface area contributed by atoms with Gasteiger partial charge in [0.05, 0.1) is 22.9 Å². The molecule has 1 unspecified atom stereocenters. The maximum atomic E-state index is 12.5. The van der Waals surface area contributed by atoms with Gasteiger partial charge in [-0.05, 0) is 38.0 Å². The number of amides is 1. The monoisotopic (exact) mass is 405 g/mol. The number of nitrogens with zero attached hydrogens (tertiary/aromatic N) is 2. The number of nitrogens with one attached hydrogen (secondary N) is 1. The van der Waals surface area contributed by atoms with Crippen LogP contribution in [0.25, 0.3) is 0 Å². The minimum Gasteiger partial charge on any atom is -0.348 e. The van der Waals surface area contributed by atoms with E-state index in [2.05, 4.69) is 5.32 Å². The van der Waals surface area contributed by atoms with Crippen molar-refractivity contribution in [3.63, 3.8) is 0 Å². The van der Waals surface area contributed by atoms with Gasteiger partial charge in [0, 0.05) is 12.1 Å². The summed E-state index contributed by atoms with van der Waals surface area (Å²) in [4.78, 5) is 22.8.